The lowest BCUT2D eigenvalue weighted by Crippen LogP contribution is -2.27. The lowest BCUT2D eigenvalue weighted by Gasteiger charge is -2.14. The quantitative estimate of drug-likeness (QED) is 0.798. The van der Waals surface area contributed by atoms with E-state index in [0.29, 0.717) is 6.54 Å². The van der Waals surface area contributed by atoms with Crippen molar-refractivity contribution in [3.63, 3.8) is 0 Å². The Bertz CT molecular complexity index is 624. The number of thiazole rings is 1. The third-order valence-corrected chi connectivity index (χ3v) is 4.36. The van der Waals surface area contributed by atoms with Crippen LogP contribution in [0.2, 0.25) is 0 Å². The maximum Gasteiger partial charge on any atom is 0.225 e. The van der Waals surface area contributed by atoms with E-state index in [0.717, 1.165) is 30.3 Å². The van der Waals surface area contributed by atoms with Gasteiger partial charge in [-0.15, -0.1) is 11.3 Å². The molecule has 0 atom stereocenters. The summed E-state index contributed by atoms with van der Waals surface area (Å²) in [6.45, 7) is 7.96. The van der Waals surface area contributed by atoms with Crippen molar-refractivity contribution in [1.82, 2.24) is 10.3 Å². The second-order valence-electron chi connectivity index (χ2n) is 5.30. The molecule has 0 aliphatic heterocycles. The number of amides is 1. The van der Waals surface area contributed by atoms with Gasteiger partial charge in [-0.2, -0.15) is 0 Å². The predicted octanol–water partition coefficient (Wildman–Crippen LogP) is 3.16. The summed E-state index contributed by atoms with van der Waals surface area (Å²) in [5, 5.41) is 6.21. The minimum atomic E-state index is 0.0378. The second-order valence-corrected chi connectivity index (χ2v) is 6.14. The standard InChI is InChI=1S/C17H23N3OS/c1-4-20(14(3)21)17-19-16(12-22-17)11-18-9-8-15-7-5-6-13(2)10-15/h5-7,10,12,18H,4,8-9,11H2,1-3H3. The molecule has 4 nitrogen and oxygen atoms in total. The summed E-state index contributed by atoms with van der Waals surface area (Å²) in [6, 6.07) is 8.58. The van der Waals surface area contributed by atoms with E-state index in [2.05, 4.69) is 41.5 Å². The van der Waals surface area contributed by atoms with Gasteiger partial charge in [0.25, 0.3) is 0 Å². The molecule has 0 radical (unpaired) electrons. The number of nitrogens with one attached hydrogen (secondary N) is 1. The van der Waals surface area contributed by atoms with Gasteiger partial charge in [-0.25, -0.2) is 4.98 Å². The van der Waals surface area contributed by atoms with E-state index >= 15 is 0 Å². The fourth-order valence-corrected chi connectivity index (χ4v) is 3.24. The van der Waals surface area contributed by atoms with Crippen molar-refractivity contribution >= 4 is 22.4 Å². The molecular weight excluding hydrogens is 294 g/mol. The van der Waals surface area contributed by atoms with E-state index in [1.807, 2.05) is 12.3 Å². The average molecular weight is 317 g/mol. The van der Waals surface area contributed by atoms with Gasteiger partial charge in [0.1, 0.15) is 0 Å². The van der Waals surface area contributed by atoms with E-state index in [1.54, 1.807) is 11.8 Å². The van der Waals surface area contributed by atoms with Gasteiger partial charge in [0.05, 0.1) is 5.69 Å². The van der Waals surface area contributed by atoms with Crippen LogP contribution in [0.3, 0.4) is 0 Å². The Hall–Kier alpha value is -1.72. The number of benzene rings is 1. The first-order valence-corrected chi connectivity index (χ1v) is 8.47. The molecule has 118 valence electrons. The van der Waals surface area contributed by atoms with Gasteiger partial charge in [-0.05, 0) is 32.4 Å². The van der Waals surface area contributed by atoms with E-state index in [1.165, 1.54) is 22.5 Å². The molecule has 0 fully saturated rings. The number of carbonyl (C=O) groups excluding carboxylic acids is 1. The Balaban J connectivity index is 1.80. The molecule has 2 rings (SSSR count). The summed E-state index contributed by atoms with van der Waals surface area (Å²) in [4.78, 5) is 17.7. The van der Waals surface area contributed by atoms with E-state index < -0.39 is 0 Å². The molecule has 0 saturated carbocycles. The molecule has 22 heavy (non-hydrogen) atoms. The van der Waals surface area contributed by atoms with Crippen molar-refractivity contribution in [3.8, 4) is 0 Å². The van der Waals surface area contributed by atoms with Gasteiger partial charge in [0.2, 0.25) is 5.91 Å². The Morgan fingerprint density at radius 1 is 1.41 bits per heavy atom. The fourth-order valence-electron chi connectivity index (χ4n) is 2.31. The number of hydrogen-bond donors (Lipinski definition) is 1. The van der Waals surface area contributed by atoms with Crippen LogP contribution >= 0.6 is 11.3 Å². The SMILES string of the molecule is CCN(C(C)=O)c1nc(CNCCc2cccc(C)c2)cs1. The lowest BCUT2D eigenvalue weighted by molar-refractivity contribution is -0.116. The van der Waals surface area contributed by atoms with Gasteiger partial charge in [-0.3, -0.25) is 9.69 Å². The lowest BCUT2D eigenvalue weighted by atomic mass is 10.1. The molecule has 0 unspecified atom stereocenters. The number of hydrogen-bond acceptors (Lipinski definition) is 4. The number of nitrogens with zero attached hydrogens (tertiary/aromatic N) is 2. The van der Waals surface area contributed by atoms with Crippen LogP contribution < -0.4 is 10.2 Å². The molecule has 1 aromatic carbocycles. The summed E-state index contributed by atoms with van der Waals surface area (Å²) in [5.41, 5.74) is 3.63. The maximum atomic E-state index is 11.5. The summed E-state index contributed by atoms with van der Waals surface area (Å²) in [5.74, 6) is 0.0378. The number of aryl methyl sites for hydroxylation is 1. The van der Waals surface area contributed by atoms with Crippen LogP contribution in [-0.4, -0.2) is 24.0 Å². The van der Waals surface area contributed by atoms with Gasteiger partial charge in [0.15, 0.2) is 5.13 Å². The Morgan fingerprint density at radius 2 is 2.23 bits per heavy atom. The van der Waals surface area contributed by atoms with Gasteiger partial charge in [0, 0.05) is 25.4 Å². The predicted molar refractivity (Wildman–Crippen MR) is 92.4 cm³/mol. The average Bonchev–Trinajstić information content (AvgIpc) is 2.93. The Morgan fingerprint density at radius 3 is 2.91 bits per heavy atom. The molecule has 0 aliphatic carbocycles. The van der Waals surface area contributed by atoms with E-state index in [9.17, 15) is 4.79 Å². The molecule has 1 heterocycles. The first-order chi connectivity index (χ1) is 10.6. The van der Waals surface area contributed by atoms with Crippen LogP contribution in [-0.2, 0) is 17.8 Å². The van der Waals surface area contributed by atoms with E-state index in [4.69, 9.17) is 0 Å². The van der Waals surface area contributed by atoms with E-state index in [-0.39, 0.29) is 5.91 Å². The van der Waals surface area contributed by atoms with Crippen molar-refractivity contribution in [2.75, 3.05) is 18.0 Å². The highest BCUT2D eigenvalue weighted by Crippen LogP contribution is 2.20. The highest BCUT2D eigenvalue weighted by Gasteiger charge is 2.12. The minimum absolute atomic E-state index is 0.0378. The number of rotatable bonds is 7. The van der Waals surface area contributed by atoms with Gasteiger partial charge < -0.3 is 5.32 Å². The Labute approximate surface area is 136 Å². The molecule has 0 aliphatic rings. The molecule has 0 saturated heterocycles. The van der Waals surface area contributed by atoms with Crippen LogP contribution in [0.1, 0.15) is 30.7 Å². The first-order valence-electron chi connectivity index (χ1n) is 7.59. The van der Waals surface area contributed by atoms with Gasteiger partial charge >= 0.3 is 0 Å². The fraction of sp³-hybridized carbons (Fsp3) is 0.412. The summed E-state index contributed by atoms with van der Waals surface area (Å²) >= 11 is 1.52. The molecule has 0 bridgehead atoms. The van der Waals surface area contributed by atoms with Crippen LogP contribution in [0, 0.1) is 6.92 Å². The number of anilines is 1. The maximum absolute atomic E-state index is 11.5. The van der Waals surface area contributed by atoms with Crippen molar-refractivity contribution < 1.29 is 4.79 Å². The molecule has 0 spiro atoms. The van der Waals surface area contributed by atoms with Crippen molar-refractivity contribution in [3.05, 3.63) is 46.5 Å². The van der Waals surface area contributed by atoms with Crippen LogP contribution in [0.4, 0.5) is 5.13 Å². The van der Waals surface area contributed by atoms with Crippen molar-refractivity contribution in [2.45, 2.75) is 33.7 Å². The smallest absolute Gasteiger partial charge is 0.225 e. The van der Waals surface area contributed by atoms with Crippen molar-refractivity contribution in [1.29, 1.82) is 0 Å². The second kappa shape index (κ2) is 8.06. The molecule has 5 heteroatoms. The molecular formula is C17H23N3OS. The number of carbonyl (C=O) groups is 1. The van der Waals surface area contributed by atoms with Crippen LogP contribution in [0.15, 0.2) is 29.6 Å². The topological polar surface area (TPSA) is 45.2 Å². The zero-order valence-corrected chi connectivity index (χ0v) is 14.2. The summed E-state index contributed by atoms with van der Waals surface area (Å²) in [7, 11) is 0. The van der Waals surface area contributed by atoms with Gasteiger partial charge in [-0.1, -0.05) is 29.8 Å². The highest BCUT2D eigenvalue weighted by molar-refractivity contribution is 7.14. The minimum Gasteiger partial charge on any atom is -0.311 e. The summed E-state index contributed by atoms with van der Waals surface area (Å²) < 4.78 is 0. The number of aromatic nitrogens is 1. The Kier molecular flexibility index (Phi) is 6.10. The largest absolute Gasteiger partial charge is 0.311 e. The zero-order valence-electron chi connectivity index (χ0n) is 13.4. The molecule has 1 N–H and O–H groups in total. The highest BCUT2D eigenvalue weighted by atomic mass is 32.1. The first kappa shape index (κ1) is 16.6. The third-order valence-electron chi connectivity index (χ3n) is 3.45. The van der Waals surface area contributed by atoms with Crippen LogP contribution in [0.5, 0.6) is 0 Å². The van der Waals surface area contributed by atoms with Crippen molar-refractivity contribution in [2.24, 2.45) is 0 Å². The third kappa shape index (κ3) is 4.64. The molecule has 1 amide bonds. The molecule has 1 aromatic heterocycles. The zero-order chi connectivity index (χ0) is 15.9. The summed E-state index contributed by atoms with van der Waals surface area (Å²) in [6.07, 6.45) is 1.01. The van der Waals surface area contributed by atoms with Crippen LogP contribution in [0.25, 0.3) is 0 Å². The monoisotopic (exact) mass is 317 g/mol. The molecule has 2 aromatic rings. The normalized spacial score (nSPS) is 10.7.